The molecule has 0 aromatic rings. The molecule has 2 N–H and O–H groups in total. The number of amides is 1. The average Bonchev–Trinajstić information content (AvgIpc) is 2.73. The fourth-order valence-electron chi connectivity index (χ4n) is 3.41. The van der Waals surface area contributed by atoms with Crippen molar-refractivity contribution in [1.82, 2.24) is 5.32 Å². The zero-order valence-corrected chi connectivity index (χ0v) is 22.7. The molecule has 33 heavy (non-hydrogen) atoms. The Morgan fingerprint density at radius 1 is 0.939 bits per heavy atom. The lowest BCUT2D eigenvalue weighted by atomic mass is 10.0. The van der Waals surface area contributed by atoms with Gasteiger partial charge in [-0.25, -0.2) is 0 Å². The molecule has 0 rings (SSSR count). The lowest BCUT2D eigenvalue weighted by Gasteiger charge is -2.30. The third-order valence-corrected chi connectivity index (χ3v) is 6.62. The molecule has 0 spiro atoms. The quantitative estimate of drug-likeness (QED) is 0.133. The van der Waals surface area contributed by atoms with Crippen LogP contribution in [0.1, 0.15) is 97.3 Å². The molecule has 0 bridgehead atoms. The van der Waals surface area contributed by atoms with Crippen LogP contribution in [0.2, 0.25) is 0 Å². The number of phosphoric acid groups is 1. The number of aliphatic hydroxyl groups is 1. The van der Waals surface area contributed by atoms with Crippen LogP contribution in [0.25, 0.3) is 0 Å². The van der Waals surface area contributed by atoms with Gasteiger partial charge in [-0.3, -0.25) is 9.36 Å². The summed E-state index contributed by atoms with van der Waals surface area (Å²) < 4.78 is 22.5. The van der Waals surface area contributed by atoms with Gasteiger partial charge in [0.2, 0.25) is 5.91 Å². The Hall–Kier alpha value is -0.500. The van der Waals surface area contributed by atoms with E-state index < -0.39 is 20.0 Å². The molecule has 0 aromatic carbocycles. The molecule has 1 amide bonds. The number of nitrogens with zero attached hydrogens (tertiary/aromatic N) is 1. The van der Waals surface area contributed by atoms with Crippen molar-refractivity contribution in [1.29, 1.82) is 0 Å². The van der Waals surface area contributed by atoms with Gasteiger partial charge in [-0.2, -0.15) is 0 Å². The molecule has 0 aliphatic heterocycles. The number of quaternary nitrogens is 1. The van der Waals surface area contributed by atoms with Crippen molar-refractivity contribution in [2.75, 3.05) is 40.9 Å². The van der Waals surface area contributed by atoms with E-state index in [2.05, 4.69) is 12.2 Å². The normalized spacial score (nSPS) is 15.7. The van der Waals surface area contributed by atoms with Gasteiger partial charge in [-0.1, -0.05) is 84.5 Å². The molecule has 0 saturated carbocycles. The molecule has 0 heterocycles. The zero-order valence-electron chi connectivity index (χ0n) is 21.9. The summed E-state index contributed by atoms with van der Waals surface area (Å²) in [6.45, 7) is 4.12. The minimum atomic E-state index is -4.50. The third kappa shape index (κ3) is 20.6. The summed E-state index contributed by atoms with van der Waals surface area (Å²) in [4.78, 5) is 23.9. The first kappa shape index (κ1) is 32.5. The number of aliphatic hydroxyl groups excluding tert-OH is 1. The van der Waals surface area contributed by atoms with E-state index in [9.17, 15) is 19.4 Å². The van der Waals surface area contributed by atoms with Crippen LogP contribution in [0.15, 0.2) is 0 Å². The molecular weight excluding hydrogens is 443 g/mol. The molecular formula is C24H51N2O6P. The summed E-state index contributed by atoms with van der Waals surface area (Å²) in [5.74, 6) is -0.256. The molecule has 0 aliphatic carbocycles. The molecule has 3 unspecified atom stereocenters. The maximum Gasteiger partial charge on any atom is 0.268 e. The van der Waals surface area contributed by atoms with Crippen LogP contribution < -0.4 is 10.2 Å². The Bertz CT molecular complexity index is 542. The monoisotopic (exact) mass is 494 g/mol. The highest BCUT2D eigenvalue weighted by atomic mass is 31.2. The van der Waals surface area contributed by atoms with E-state index in [4.69, 9.17) is 9.05 Å². The number of hydrogen-bond acceptors (Lipinski definition) is 6. The van der Waals surface area contributed by atoms with Crippen LogP contribution in [-0.4, -0.2) is 68.5 Å². The van der Waals surface area contributed by atoms with Crippen molar-refractivity contribution in [2.45, 2.75) is 109 Å². The second-order valence-electron chi connectivity index (χ2n) is 10.0. The SMILES string of the molecule is CCCCCCCCCCCCCC(O)C(COP(=O)([O-])OCC[N+](C)(C)C)NC(=O)CC. The molecule has 9 heteroatoms. The van der Waals surface area contributed by atoms with E-state index in [1.165, 1.54) is 51.4 Å². The van der Waals surface area contributed by atoms with Crippen LogP contribution in [0.5, 0.6) is 0 Å². The second-order valence-corrected chi connectivity index (χ2v) is 11.4. The highest BCUT2D eigenvalue weighted by molar-refractivity contribution is 7.45. The summed E-state index contributed by atoms with van der Waals surface area (Å²) in [5.41, 5.74) is 0. The average molecular weight is 495 g/mol. The van der Waals surface area contributed by atoms with Crippen molar-refractivity contribution < 1.29 is 32.9 Å². The van der Waals surface area contributed by atoms with Gasteiger partial charge in [-0.15, -0.1) is 0 Å². The van der Waals surface area contributed by atoms with E-state index in [-0.39, 0.29) is 25.5 Å². The molecule has 8 nitrogen and oxygen atoms in total. The Balaban J connectivity index is 4.24. The predicted molar refractivity (Wildman–Crippen MR) is 132 cm³/mol. The molecule has 0 radical (unpaired) electrons. The van der Waals surface area contributed by atoms with Crippen molar-refractivity contribution in [2.24, 2.45) is 0 Å². The van der Waals surface area contributed by atoms with Crippen molar-refractivity contribution in [3.63, 3.8) is 0 Å². The predicted octanol–water partition coefficient (Wildman–Crippen LogP) is 4.15. The fraction of sp³-hybridized carbons (Fsp3) is 0.958. The maximum absolute atomic E-state index is 12.0. The van der Waals surface area contributed by atoms with Gasteiger partial charge < -0.3 is 28.8 Å². The van der Waals surface area contributed by atoms with E-state index in [0.717, 1.165) is 19.3 Å². The van der Waals surface area contributed by atoms with E-state index >= 15 is 0 Å². The van der Waals surface area contributed by atoms with Crippen LogP contribution in [0, 0.1) is 0 Å². The first-order chi connectivity index (χ1) is 15.5. The number of unbranched alkanes of at least 4 members (excludes halogenated alkanes) is 10. The van der Waals surface area contributed by atoms with Gasteiger partial charge in [0.1, 0.15) is 13.2 Å². The minimum absolute atomic E-state index is 0.0115. The van der Waals surface area contributed by atoms with Crippen LogP contribution in [0.4, 0.5) is 0 Å². The zero-order chi connectivity index (χ0) is 25.2. The fourth-order valence-corrected chi connectivity index (χ4v) is 4.13. The Labute approximate surface area is 202 Å². The second kappa shape index (κ2) is 18.8. The number of rotatable bonds is 22. The van der Waals surface area contributed by atoms with Gasteiger partial charge in [0.05, 0.1) is 39.9 Å². The number of nitrogens with one attached hydrogen (secondary N) is 1. The Morgan fingerprint density at radius 2 is 1.45 bits per heavy atom. The van der Waals surface area contributed by atoms with Crippen molar-refractivity contribution in [3.8, 4) is 0 Å². The molecule has 0 saturated heterocycles. The molecule has 0 fully saturated rings. The van der Waals surface area contributed by atoms with Gasteiger partial charge >= 0.3 is 0 Å². The first-order valence-corrected chi connectivity index (χ1v) is 14.3. The van der Waals surface area contributed by atoms with Gasteiger partial charge in [0.15, 0.2) is 0 Å². The maximum atomic E-state index is 12.0. The first-order valence-electron chi connectivity index (χ1n) is 12.9. The molecule has 0 aromatic heterocycles. The molecule has 0 aliphatic rings. The van der Waals surface area contributed by atoms with Crippen LogP contribution >= 0.6 is 7.82 Å². The summed E-state index contributed by atoms with van der Waals surface area (Å²) >= 11 is 0. The number of hydrogen-bond donors (Lipinski definition) is 2. The lowest BCUT2D eigenvalue weighted by molar-refractivity contribution is -0.870. The summed E-state index contributed by atoms with van der Waals surface area (Å²) in [6, 6.07) is -0.787. The number of phosphoric ester groups is 1. The molecule has 3 atom stereocenters. The summed E-state index contributed by atoms with van der Waals surface area (Å²) in [5, 5.41) is 13.2. The van der Waals surface area contributed by atoms with Crippen LogP contribution in [-0.2, 0) is 18.4 Å². The third-order valence-electron chi connectivity index (χ3n) is 5.66. The highest BCUT2D eigenvalue weighted by Gasteiger charge is 2.23. The standard InChI is InChI=1S/C24H51N2O6P/c1-6-8-9-10-11-12-13-14-15-16-17-18-23(27)22(25-24(28)7-2)21-32-33(29,30)31-20-19-26(3,4)5/h22-23,27H,6-21H2,1-5H3,(H-,25,28,29,30). The Morgan fingerprint density at radius 3 is 1.94 bits per heavy atom. The Kier molecular flexibility index (Phi) is 18.5. The van der Waals surface area contributed by atoms with Crippen molar-refractivity contribution in [3.05, 3.63) is 0 Å². The van der Waals surface area contributed by atoms with E-state index in [1.54, 1.807) is 6.92 Å². The highest BCUT2D eigenvalue weighted by Crippen LogP contribution is 2.38. The summed E-state index contributed by atoms with van der Waals surface area (Å²) in [7, 11) is 1.29. The van der Waals surface area contributed by atoms with Gasteiger partial charge in [0.25, 0.3) is 7.82 Å². The lowest BCUT2D eigenvalue weighted by Crippen LogP contribution is -2.46. The van der Waals surface area contributed by atoms with E-state index in [1.807, 2.05) is 21.1 Å². The van der Waals surface area contributed by atoms with Crippen molar-refractivity contribution >= 4 is 13.7 Å². The minimum Gasteiger partial charge on any atom is -0.756 e. The van der Waals surface area contributed by atoms with Gasteiger partial charge in [0, 0.05) is 6.42 Å². The van der Waals surface area contributed by atoms with E-state index in [0.29, 0.717) is 17.4 Å². The molecule has 198 valence electrons. The largest absolute Gasteiger partial charge is 0.756 e. The number of carbonyl (C=O) groups excluding carboxylic acids is 1. The smallest absolute Gasteiger partial charge is 0.268 e. The number of likely N-dealkylation sites (N-methyl/N-ethyl adjacent to an activating group) is 1. The topological polar surface area (TPSA) is 108 Å². The summed E-state index contributed by atoms with van der Waals surface area (Å²) in [6.07, 6.45) is 13.2. The van der Waals surface area contributed by atoms with Crippen LogP contribution in [0.3, 0.4) is 0 Å². The number of carbonyl (C=O) groups is 1. The van der Waals surface area contributed by atoms with Gasteiger partial charge in [-0.05, 0) is 6.42 Å².